The molecule has 29 heavy (non-hydrogen) atoms. The number of nitrogens with zero attached hydrogens (tertiary/aromatic N) is 2. The van der Waals surface area contributed by atoms with Crippen molar-refractivity contribution in [1.82, 2.24) is 4.90 Å². The van der Waals surface area contributed by atoms with Gasteiger partial charge in [0.1, 0.15) is 11.8 Å². The Morgan fingerprint density at radius 3 is 2.31 bits per heavy atom. The standard InChI is InChI=1S/C21H19N3O5/c1-11(24-20(27)14-6-4-5-7-15(14)21(24)28)18(25)22-13-8-9-17-16(10-13)23(3)19(26)12(2)29-17/h4-12H,1-3H3,(H,22,25). The van der Waals surface area contributed by atoms with E-state index in [0.717, 1.165) is 4.90 Å². The van der Waals surface area contributed by atoms with Crippen LogP contribution in [-0.4, -0.2) is 47.7 Å². The van der Waals surface area contributed by atoms with Crippen LogP contribution in [0.1, 0.15) is 34.6 Å². The van der Waals surface area contributed by atoms with Crippen molar-refractivity contribution in [3.05, 3.63) is 53.6 Å². The van der Waals surface area contributed by atoms with Crippen molar-refractivity contribution in [2.75, 3.05) is 17.3 Å². The number of rotatable bonds is 3. The van der Waals surface area contributed by atoms with Crippen molar-refractivity contribution in [3.8, 4) is 5.75 Å². The lowest BCUT2D eigenvalue weighted by Crippen LogP contribution is -2.45. The molecule has 0 fully saturated rings. The first-order valence-corrected chi connectivity index (χ1v) is 9.15. The molecular weight excluding hydrogens is 374 g/mol. The van der Waals surface area contributed by atoms with E-state index in [1.807, 2.05) is 0 Å². The second-order valence-corrected chi connectivity index (χ2v) is 7.03. The number of amides is 4. The first kappa shape index (κ1) is 18.7. The molecule has 0 radical (unpaired) electrons. The lowest BCUT2D eigenvalue weighted by atomic mass is 10.1. The summed E-state index contributed by atoms with van der Waals surface area (Å²) in [5.41, 5.74) is 1.53. The van der Waals surface area contributed by atoms with E-state index in [4.69, 9.17) is 4.74 Å². The summed E-state index contributed by atoms with van der Waals surface area (Å²) >= 11 is 0. The van der Waals surface area contributed by atoms with Crippen LogP contribution in [0.5, 0.6) is 5.75 Å². The number of hydrogen-bond donors (Lipinski definition) is 1. The molecule has 2 unspecified atom stereocenters. The molecule has 4 amide bonds. The molecular formula is C21H19N3O5. The SMILES string of the molecule is CC1Oc2ccc(NC(=O)C(C)N3C(=O)c4ccccc4C3=O)cc2N(C)C1=O. The van der Waals surface area contributed by atoms with Crippen molar-refractivity contribution in [2.45, 2.75) is 26.0 Å². The molecule has 0 spiro atoms. The van der Waals surface area contributed by atoms with Gasteiger partial charge in [0.25, 0.3) is 17.7 Å². The molecule has 0 aromatic heterocycles. The summed E-state index contributed by atoms with van der Waals surface area (Å²) in [5, 5.41) is 2.70. The predicted molar refractivity (Wildman–Crippen MR) is 105 cm³/mol. The van der Waals surface area contributed by atoms with Crippen LogP contribution < -0.4 is 15.0 Å². The number of carbonyl (C=O) groups is 4. The summed E-state index contributed by atoms with van der Waals surface area (Å²) in [4.78, 5) is 52.4. The van der Waals surface area contributed by atoms with Crippen LogP contribution in [0, 0.1) is 0 Å². The van der Waals surface area contributed by atoms with Gasteiger partial charge in [0.2, 0.25) is 5.91 Å². The second-order valence-electron chi connectivity index (χ2n) is 7.03. The Kier molecular flexibility index (Phi) is 4.34. The predicted octanol–water partition coefficient (Wildman–Crippen LogP) is 2.05. The number of anilines is 2. The van der Waals surface area contributed by atoms with Gasteiger partial charge in [-0.1, -0.05) is 12.1 Å². The normalized spacial score (nSPS) is 18.9. The molecule has 1 N–H and O–H groups in total. The third-order valence-corrected chi connectivity index (χ3v) is 5.16. The highest BCUT2D eigenvalue weighted by atomic mass is 16.5. The van der Waals surface area contributed by atoms with E-state index >= 15 is 0 Å². The molecule has 2 heterocycles. The first-order chi connectivity index (χ1) is 13.8. The Bertz CT molecular complexity index is 1030. The lowest BCUT2D eigenvalue weighted by molar-refractivity contribution is -0.125. The smallest absolute Gasteiger partial charge is 0.267 e. The van der Waals surface area contributed by atoms with Crippen molar-refractivity contribution in [3.63, 3.8) is 0 Å². The molecule has 8 nitrogen and oxygen atoms in total. The number of hydrogen-bond acceptors (Lipinski definition) is 5. The number of benzene rings is 2. The van der Waals surface area contributed by atoms with Gasteiger partial charge < -0.3 is 15.0 Å². The van der Waals surface area contributed by atoms with Crippen molar-refractivity contribution in [1.29, 1.82) is 0 Å². The van der Waals surface area contributed by atoms with E-state index in [1.165, 1.54) is 11.8 Å². The zero-order valence-electron chi connectivity index (χ0n) is 16.1. The molecule has 2 aromatic carbocycles. The number of carbonyl (C=O) groups excluding carboxylic acids is 4. The summed E-state index contributed by atoms with van der Waals surface area (Å²) in [5.74, 6) is -1.16. The number of likely N-dealkylation sites (N-methyl/N-ethyl adjacent to an activating group) is 1. The number of nitrogens with one attached hydrogen (secondary N) is 1. The Morgan fingerprint density at radius 1 is 1.07 bits per heavy atom. The maximum atomic E-state index is 12.7. The van der Waals surface area contributed by atoms with Gasteiger partial charge >= 0.3 is 0 Å². The van der Waals surface area contributed by atoms with E-state index in [9.17, 15) is 19.2 Å². The highest BCUT2D eigenvalue weighted by Gasteiger charge is 2.40. The summed E-state index contributed by atoms with van der Waals surface area (Å²) in [6.45, 7) is 3.16. The summed E-state index contributed by atoms with van der Waals surface area (Å²) in [7, 11) is 1.63. The monoisotopic (exact) mass is 393 g/mol. The van der Waals surface area contributed by atoms with Gasteiger partial charge in [0.05, 0.1) is 16.8 Å². The van der Waals surface area contributed by atoms with Crippen molar-refractivity contribution < 1.29 is 23.9 Å². The molecule has 2 atom stereocenters. The Labute approximate surface area is 167 Å². The molecule has 2 aromatic rings. The second kappa shape index (κ2) is 6.73. The number of fused-ring (bicyclic) bond motifs is 2. The molecule has 2 aliphatic rings. The van der Waals surface area contributed by atoms with Gasteiger partial charge in [0.15, 0.2) is 6.10 Å². The molecule has 148 valence electrons. The maximum Gasteiger partial charge on any atom is 0.267 e. The van der Waals surface area contributed by atoms with Gasteiger partial charge in [-0.2, -0.15) is 0 Å². The lowest BCUT2D eigenvalue weighted by Gasteiger charge is -2.30. The largest absolute Gasteiger partial charge is 0.479 e. The minimum absolute atomic E-state index is 0.194. The Balaban J connectivity index is 1.54. The van der Waals surface area contributed by atoms with Crippen LogP contribution in [0.4, 0.5) is 11.4 Å². The topological polar surface area (TPSA) is 96.0 Å². The average molecular weight is 393 g/mol. The van der Waals surface area contributed by atoms with Crippen LogP contribution in [0.25, 0.3) is 0 Å². The van der Waals surface area contributed by atoms with Gasteiger partial charge in [-0.05, 0) is 44.2 Å². The Hall–Kier alpha value is -3.68. The molecule has 0 bridgehead atoms. The summed E-state index contributed by atoms with van der Waals surface area (Å²) in [6, 6.07) is 10.4. The van der Waals surface area contributed by atoms with Crippen LogP contribution in [0.2, 0.25) is 0 Å². The van der Waals surface area contributed by atoms with Crippen LogP contribution in [0.15, 0.2) is 42.5 Å². The maximum absolute atomic E-state index is 12.7. The van der Waals surface area contributed by atoms with E-state index < -0.39 is 29.9 Å². The molecule has 8 heteroatoms. The molecule has 4 rings (SSSR count). The minimum Gasteiger partial charge on any atom is -0.479 e. The third-order valence-electron chi connectivity index (χ3n) is 5.16. The van der Waals surface area contributed by atoms with Crippen LogP contribution >= 0.6 is 0 Å². The van der Waals surface area contributed by atoms with E-state index in [2.05, 4.69) is 5.32 Å². The van der Waals surface area contributed by atoms with Crippen molar-refractivity contribution in [2.24, 2.45) is 0 Å². The van der Waals surface area contributed by atoms with Gasteiger partial charge in [-0.3, -0.25) is 24.1 Å². The molecule has 0 aliphatic carbocycles. The van der Waals surface area contributed by atoms with E-state index in [1.54, 1.807) is 56.4 Å². The van der Waals surface area contributed by atoms with Crippen molar-refractivity contribution >= 4 is 35.0 Å². The zero-order valence-corrected chi connectivity index (χ0v) is 16.1. The average Bonchev–Trinajstić information content (AvgIpc) is 2.97. The fourth-order valence-corrected chi connectivity index (χ4v) is 3.51. The summed E-state index contributed by atoms with van der Waals surface area (Å²) in [6.07, 6.45) is -0.582. The fraction of sp³-hybridized carbons (Fsp3) is 0.238. The van der Waals surface area contributed by atoms with Crippen LogP contribution in [-0.2, 0) is 9.59 Å². The minimum atomic E-state index is -1.01. The Morgan fingerprint density at radius 2 is 1.69 bits per heavy atom. The highest BCUT2D eigenvalue weighted by Crippen LogP contribution is 2.35. The van der Waals surface area contributed by atoms with E-state index in [-0.39, 0.29) is 17.0 Å². The van der Waals surface area contributed by atoms with Gasteiger partial charge in [-0.15, -0.1) is 0 Å². The first-order valence-electron chi connectivity index (χ1n) is 9.15. The fourth-order valence-electron chi connectivity index (χ4n) is 3.51. The van der Waals surface area contributed by atoms with Crippen LogP contribution in [0.3, 0.4) is 0 Å². The zero-order chi connectivity index (χ0) is 20.9. The van der Waals surface area contributed by atoms with Gasteiger partial charge in [0, 0.05) is 12.7 Å². The molecule has 2 aliphatic heterocycles. The number of ether oxygens (including phenoxy) is 1. The highest BCUT2D eigenvalue weighted by molar-refractivity contribution is 6.23. The number of imide groups is 1. The molecule has 0 saturated heterocycles. The van der Waals surface area contributed by atoms with Gasteiger partial charge in [-0.25, -0.2) is 0 Å². The quantitative estimate of drug-likeness (QED) is 0.806. The third kappa shape index (κ3) is 2.93. The molecule has 0 saturated carbocycles. The summed E-state index contributed by atoms with van der Waals surface area (Å²) < 4.78 is 5.57. The van der Waals surface area contributed by atoms with E-state index in [0.29, 0.717) is 17.1 Å².